The van der Waals surface area contributed by atoms with Gasteiger partial charge in [-0.1, -0.05) is 69.7 Å². The first-order chi connectivity index (χ1) is 14.6. The quantitative estimate of drug-likeness (QED) is 0.471. The van der Waals surface area contributed by atoms with Crippen LogP contribution in [0.5, 0.6) is 0 Å². The number of carboxylic acid groups (broad SMARTS) is 1. The molecule has 0 aromatic heterocycles. The van der Waals surface area contributed by atoms with Crippen molar-refractivity contribution in [1.82, 2.24) is 0 Å². The molecule has 1 N–H and O–H groups in total. The van der Waals surface area contributed by atoms with Crippen molar-refractivity contribution in [2.24, 2.45) is 17.8 Å². The van der Waals surface area contributed by atoms with Crippen molar-refractivity contribution in [2.75, 3.05) is 0 Å². The number of carbonyl (C=O) groups is 1. The maximum Gasteiger partial charge on any atom is 0.335 e. The molecule has 0 saturated heterocycles. The summed E-state index contributed by atoms with van der Waals surface area (Å²) >= 11 is 0. The monoisotopic (exact) mass is 406 g/mol. The normalized spacial score (nSPS) is 26.5. The van der Waals surface area contributed by atoms with E-state index in [0.29, 0.717) is 11.5 Å². The van der Waals surface area contributed by atoms with Crippen LogP contribution in [0.1, 0.15) is 105 Å². The number of hydrogen-bond acceptors (Lipinski definition) is 1. The molecular weight excluding hydrogens is 368 g/mol. The lowest BCUT2D eigenvalue weighted by Gasteiger charge is -2.42. The molecule has 2 aromatic rings. The van der Waals surface area contributed by atoms with Crippen molar-refractivity contribution < 1.29 is 9.90 Å². The Bertz CT molecular complexity index is 884. The minimum atomic E-state index is -0.835. The van der Waals surface area contributed by atoms with Crippen molar-refractivity contribution in [3.05, 3.63) is 47.0 Å². The van der Waals surface area contributed by atoms with E-state index in [9.17, 15) is 9.90 Å². The van der Waals surface area contributed by atoms with E-state index in [4.69, 9.17) is 0 Å². The Hall–Kier alpha value is -1.83. The maximum atomic E-state index is 11.4. The summed E-state index contributed by atoms with van der Waals surface area (Å²) in [4.78, 5) is 11.4. The fourth-order valence-electron chi connectivity index (χ4n) is 6.40. The molecule has 0 radical (unpaired) electrons. The molecule has 2 aromatic carbocycles. The van der Waals surface area contributed by atoms with Crippen LogP contribution in [0, 0.1) is 24.7 Å². The van der Waals surface area contributed by atoms with Gasteiger partial charge in [0.1, 0.15) is 0 Å². The van der Waals surface area contributed by atoms with Crippen molar-refractivity contribution in [2.45, 2.75) is 90.4 Å². The molecule has 0 heterocycles. The number of rotatable bonds is 7. The highest BCUT2D eigenvalue weighted by molar-refractivity contribution is 5.97. The van der Waals surface area contributed by atoms with E-state index in [1.807, 2.05) is 13.0 Å². The zero-order valence-corrected chi connectivity index (χ0v) is 18.8. The van der Waals surface area contributed by atoms with Gasteiger partial charge in [0, 0.05) is 0 Å². The number of aromatic carboxylic acids is 1. The first-order valence-electron chi connectivity index (χ1n) is 12.3. The molecular formula is C28H38O2. The molecule has 162 valence electrons. The zero-order valence-electron chi connectivity index (χ0n) is 18.8. The largest absolute Gasteiger partial charge is 0.478 e. The average molecular weight is 407 g/mol. The second-order valence-corrected chi connectivity index (χ2v) is 10.1. The molecule has 4 unspecified atom stereocenters. The van der Waals surface area contributed by atoms with Gasteiger partial charge in [-0.05, 0) is 90.7 Å². The van der Waals surface area contributed by atoms with Crippen LogP contribution < -0.4 is 0 Å². The van der Waals surface area contributed by atoms with E-state index >= 15 is 0 Å². The predicted octanol–water partition coefficient (Wildman–Crippen LogP) is 8.12. The van der Waals surface area contributed by atoms with Crippen LogP contribution in [0.4, 0.5) is 0 Å². The van der Waals surface area contributed by atoms with Crippen LogP contribution in [0.15, 0.2) is 30.3 Å². The minimum Gasteiger partial charge on any atom is -0.478 e. The molecule has 4 atom stereocenters. The SMILES string of the molecule is CCCCCCC1CCC2CC(c3ccc4c(C)c(C(=O)O)ccc4c3)CCC2C1. The third-order valence-electron chi connectivity index (χ3n) is 8.20. The van der Waals surface area contributed by atoms with Gasteiger partial charge in [-0.3, -0.25) is 0 Å². The van der Waals surface area contributed by atoms with Crippen molar-refractivity contribution in [3.63, 3.8) is 0 Å². The Morgan fingerprint density at radius 2 is 1.77 bits per heavy atom. The molecule has 2 saturated carbocycles. The van der Waals surface area contributed by atoms with E-state index in [2.05, 4.69) is 25.1 Å². The molecule has 0 spiro atoms. The maximum absolute atomic E-state index is 11.4. The molecule has 0 amide bonds. The molecule has 0 bridgehead atoms. The van der Waals surface area contributed by atoms with E-state index in [1.54, 1.807) is 6.07 Å². The van der Waals surface area contributed by atoms with Crippen LogP contribution in [-0.4, -0.2) is 11.1 Å². The van der Waals surface area contributed by atoms with Gasteiger partial charge in [0.2, 0.25) is 0 Å². The second kappa shape index (κ2) is 9.54. The van der Waals surface area contributed by atoms with Gasteiger partial charge in [0.25, 0.3) is 0 Å². The Kier molecular flexibility index (Phi) is 6.80. The highest BCUT2D eigenvalue weighted by Gasteiger charge is 2.35. The van der Waals surface area contributed by atoms with E-state index < -0.39 is 5.97 Å². The van der Waals surface area contributed by atoms with Crippen LogP contribution in [0.2, 0.25) is 0 Å². The van der Waals surface area contributed by atoms with E-state index in [0.717, 1.165) is 28.7 Å². The third kappa shape index (κ3) is 4.58. The Balaban J connectivity index is 1.39. The van der Waals surface area contributed by atoms with E-state index in [1.165, 1.54) is 81.6 Å². The Morgan fingerprint density at radius 3 is 2.57 bits per heavy atom. The minimum absolute atomic E-state index is 0.419. The molecule has 2 nitrogen and oxygen atoms in total. The lowest BCUT2D eigenvalue weighted by atomic mass is 9.63. The number of unbranched alkanes of at least 4 members (excludes halogenated alkanes) is 3. The molecule has 4 rings (SSSR count). The van der Waals surface area contributed by atoms with Crippen molar-refractivity contribution in [3.8, 4) is 0 Å². The molecule has 2 aliphatic rings. The van der Waals surface area contributed by atoms with Crippen LogP contribution >= 0.6 is 0 Å². The van der Waals surface area contributed by atoms with Gasteiger partial charge >= 0.3 is 5.97 Å². The summed E-state index contributed by atoms with van der Waals surface area (Å²) in [5, 5.41) is 11.7. The van der Waals surface area contributed by atoms with Crippen molar-refractivity contribution in [1.29, 1.82) is 0 Å². The summed E-state index contributed by atoms with van der Waals surface area (Å²) in [5.41, 5.74) is 2.76. The third-order valence-corrected chi connectivity index (χ3v) is 8.20. The first kappa shape index (κ1) is 21.4. The fraction of sp³-hybridized carbons (Fsp3) is 0.607. The average Bonchev–Trinajstić information content (AvgIpc) is 2.76. The van der Waals surface area contributed by atoms with Crippen LogP contribution in [-0.2, 0) is 0 Å². The van der Waals surface area contributed by atoms with Gasteiger partial charge in [-0.2, -0.15) is 0 Å². The molecule has 2 heteroatoms. The smallest absolute Gasteiger partial charge is 0.335 e. The molecule has 30 heavy (non-hydrogen) atoms. The summed E-state index contributed by atoms with van der Waals surface area (Å²) in [6.45, 7) is 4.23. The number of carboxylic acids is 1. The van der Waals surface area contributed by atoms with E-state index in [-0.39, 0.29) is 0 Å². The topological polar surface area (TPSA) is 37.3 Å². The van der Waals surface area contributed by atoms with Gasteiger partial charge in [-0.15, -0.1) is 0 Å². The highest BCUT2D eigenvalue weighted by Crippen LogP contribution is 2.48. The van der Waals surface area contributed by atoms with Gasteiger partial charge in [0.15, 0.2) is 0 Å². The fourth-order valence-corrected chi connectivity index (χ4v) is 6.40. The summed E-state index contributed by atoms with van der Waals surface area (Å²) in [6, 6.07) is 10.5. The summed E-state index contributed by atoms with van der Waals surface area (Å²) < 4.78 is 0. The second-order valence-electron chi connectivity index (χ2n) is 10.1. The summed E-state index contributed by atoms with van der Waals surface area (Å²) in [7, 11) is 0. The Labute approximate surface area is 182 Å². The molecule has 2 fully saturated rings. The lowest BCUT2D eigenvalue weighted by Crippen LogP contribution is -2.30. The summed E-state index contributed by atoms with van der Waals surface area (Å²) in [5.74, 6) is 2.72. The van der Waals surface area contributed by atoms with Crippen LogP contribution in [0.3, 0.4) is 0 Å². The zero-order chi connectivity index (χ0) is 21.1. The van der Waals surface area contributed by atoms with Gasteiger partial charge in [-0.25, -0.2) is 4.79 Å². The number of benzene rings is 2. The summed E-state index contributed by atoms with van der Waals surface area (Å²) in [6.07, 6.45) is 15.5. The Morgan fingerprint density at radius 1 is 0.967 bits per heavy atom. The molecule has 2 aliphatic carbocycles. The predicted molar refractivity (Wildman–Crippen MR) is 125 cm³/mol. The lowest BCUT2D eigenvalue weighted by molar-refractivity contribution is 0.0696. The highest BCUT2D eigenvalue weighted by atomic mass is 16.4. The van der Waals surface area contributed by atoms with Gasteiger partial charge in [0.05, 0.1) is 5.56 Å². The number of fused-ring (bicyclic) bond motifs is 2. The first-order valence-corrected chi connectivity index (χ1v) is 12.3. The number of hydrogen-bond donors (Lipinski definition) is 1. The van der Waals surface area contributed by atoms with Crippen molar-refractivity contribution >= 4 is 16.7 Å². The van der Waals surface area contributed by atoms with Gasteiger partial charge < -0.3 is 5.11 Å². The number of aryl methyl sites for hydroxylation is 1. The molecule has 0 aliphatic heterocycles. The van der Waals surface area contributed by atoms with Crippen LogP contribution in [0.25, 0.3) is 10.8 Å². The standard InChI is InChI=1S/C28H38O2/c1-3-4-5-6-7-20-8-9-22-17-23(11-10-21(22)16-20)24-12-14-26-19(2)27(28(29)30)15-13-25(26)18-24/h12-15,18,20-23H,3-11,16-17H2,1-2H3,(H,29,30).